The molecule has 0 bridgehead atoms. The van der Waals surface area contributed by atoms with Crippen molar-refractivity contribution >= 4 is 5.69 Å². The molecule has 1 aromatic rings. The Morgan fingerprint density at radius 2 is 1.94 bits per heavy atom. The lowest BCUT2D eigenvalue weighted by molar-refractivity contribution is 0.0350. The van der Waals surface area contributed by atoms with Gasteiger partial charge in [-0.3, -0.25) is 0 Å². The number of halogens is 1. The highest BCUT2D eigenvalue weighted by Gasteiger charge is 2.29. The fraction of sp³-hybridized carbons (Fsp3) is 0.571. The third-order valence-corrected chi connectivity index (χ3v) is 3.63. The predicted octanol–water partition coefficient (Wildman–Crippen LogP) is 2.23. The van der Waals surface area contributed by atoms with Gasteiger partial charge in [0.1, 0.15) is 5.82 Å². The zero-order chi connectivity index (χ0) is 13.3. The van der Waals surface area contributed by atoms with E-state index in [2.05, 4.69) is 0 Å². The second kappa shape index (κ2) is 4.86. The van der Waals surface area contributed by atoms with E-state index in [9.17, 15) is 14.6 Å². The molecule has 4 heteroatoms. The molecule has 0 radical (unpaired) electrons. The minimum atomic E-state index is -0.830. The summed E-state index contributed by atoms with van der Waals surface area (Å²) in [6.07, 6.45) is 0.481. The Balaban J connectivity index is 2.27. The molecule has 1 aliphatic heterocycles. The smallest absolute Gasteiger partial charge is 0.131 e. The molecule has 0 spiro atoms. The van der Waals surface area contributed by atoms with Crippen LogP contribution in [0.1, 0.15) is 38.4 Å². The van der Waals surface area contributed by atoms with Crippen molar-refractivity contribution in [3.05, 3.63) is 29.6 Å². The Kier molecular flexibility index (Phi) is 3.59. The first-order chi connectivity index (χ1) is 8.41. The summed E-state index contributed by atoms with van der Waals surface area (Å²) in [5.74, 6) is -0.375. The lowest BCUT2D eigenvalue weighted by Crippen LogP contribution is -2.42. The number of piperidine rings is 1. The van der Waals surface area contributed by atoms with Crippen LogP contribution in [0.15, 0.2) is 18.2 Å². The molecule has 0 aliphatic carbocycles. The van der Waals surface area contributed by atoms with E-state index in [0.717, 1.165) is 5.69 Å². The SMILES string of the molecule is CC(O)c1c(F)cccc1N1CCC(C)(O)CC1. The van der Waals surface area contributed by atoms with Gasteiger partial charge in [-0.25, -0.2) is 4.39 Å². The number of benzene rings is 1. The maximum Gasteiger partial charge on any atom is 0.131 e. The molecule has 1 heterocycles. The van der Waals surface area contributed by atoms with Crippen molar-refractivity contribution < 1.29 is 14.6 Å². The van der Waals surface area contributed by atoms with Crippen LogP contribution in [0, 0.1) is 5.82 Å². The van der Waals surface area contributed by atoms with Crippen molar-refractivity contribution in [3.8, 4) is 0 Å². The van der Waals surface area contributed by atoms with Crippen molar-refractivity contribution in [1.82, 2.24) is 0 Å². The molecule has 1 unspecified atom stereocenters. The fourth-order valence-electron chi connectivity index (χ4n) is 2.44. The van der Waals surface area contributed by atoms with Crippen LogP contribution in [-0.4, -0.2) is 28.9 Å². The van der Waals surface area contributed by atoms with Gasteiger partial charge in [-0.1, -0.05) is 6.07 Å². The molecule has 0 amide bonds. The van der Waals surface area contributed by atoms with Gasteiger partial charge in [-0.2, -0.15) is 0 Å². The zero-order valence-electron chi connectivity index (χ0n) is 10.9. The topological polar surface area (TPSA) is 43.7 Å². The highest BCUT2D eigenvalue weighted by molar-refractivity contribution is 5.55. The number of anilines is 1. The molecule has 1 aromatic carbocycles. The van der Waals surface area contributed by atoms with Crippen molar-refractivity contribution in [2.45, 2.75) is 38.4 Å². The van der Waals surface area contributed by atoms with Gasteiger partial charge in [0.05, 0.1) is 11.7 Å². The van der Waals surface area contributed by atoms with Gasteiger partial charge in [0.2, 0.25) is 0 Å². The Bertz CT molecular complexity index is 422. The van der Waals surface area contributed by atoms with Crippen LogP contribution < -0.4 is 4.90 Å². The molecule has 3 nitrogen and oxygen atoms in total. The van der Waals surface area contributed by atoms with Gasteiger partial charge >= 0.3 is 0 Å². The Morgan fingerprint density at radius 3 is 2.50 bits per heavy atom. The summed E-state index contributed by atoms with van der Waals surface area (Å²) in [4.78, 5) is 2.03. The van der Waals surface area contributed by atoms with Crippen molar-refractivity contribution in [2.24, 2.45) is 0 Å². The summed E-state index contributed by atoms with van der Waals surface area (Å²) in [6, 6.07) is 4.85. The van der Waals surface area contributed by atoms with Crippen molar-refractivity contribution in [3.63, 3.8) is 0 Å². The van der Waals surface area contributed by atoms with Crippen LogP contribution in [0.5, 0.6) is 0 Å². The van der Waals surface area contributed by atoms with E-state index in [1.807, 2.05) is 17.9 Å². The molecular formula is C14H20FNO2. The lowest BCUT2D eigenvalue weighted by atomic mass is 9.93. The van der Waals surface area contributed by atoms with Gasteiger partial charge in [0, 0.05) is 24.3 Å². The number of aliphatic hydroxyl groups excluding tert-OH is 1. The Morgan fingerprint density at radius 1 is 1.33 bits per heavy atom. The van der Waals surface area contributed by atoms with Gasteiger partial charge in [-0.15, -0.1) is 0 Å². The Labute approximate surface area is 107 Å². The molecule has 18 heavy (non-hydrogen) atoms. The van der Waals surface area contributed by atoms with Gasteiger partial charge in [-0.05, 0) is 38.8 Å². The summed E-state index contributed by atoms with van der Waals surface area (Å²) in [6.45, 7) is 4.75. The second-order valence-electron chi connectivity index (χ2n) is 5.33. The van der Waals surface area contributed by atoms with Gasteiger partial charge in [0.25, 0.3) is 0 Å². The summed E-state index contributed by atoms with van der Waals surface area (Å²) in [5, 5.41) is 19.6. The van der Waals surface area contributed by atoms with Crippen LogP contribution in [0.3, 0.4) is 0 Å². The maximum absolute atomic E-state index is 13.8. The largest absolute Gasteiger partial charge is 0.390 e. The van der Waals surface area contributed by atoms with E-state index in [4.69, 9.17) is 0 Å². The first-order valence-corrected chi connectivity index (χ1v) is 6.34. The van der Waals surface area contributed by atoms with Gasteiger partial charge < -0.3 is 15.1 Å². The molecule has 100 valence electrons. The molecule has 2 N–H and O–H groups in total. The molecule has 1 aliphatic rings. The molecular weight excluding hydrogens is 233 g/mol. The zero-order valence-corrected chi connectivity index (χ0v) is 10.9. The predicted molar refractivity (Wildman–Crippen MR) is 69.1 cm³/mol. The quantitative estimate of drug-likeness (QED) is 0.849. The molecule has 2 rings (SSSR count). The van der Waals surface area contributed by atoms with E-state index >= 15 is 0 Å². The normalized spacial score (nSPS) is 20.8. The summed E-state index contributed by atoms with van der Waals surface area (Å²) < 4.78 is 13.8. The minimum Gasteiger partial charge on any atom is -0.390 e. The van der Waals surface area contributed by atoms with Crippen molar-refractivity contribution in [1.29, 1.82) is 0 Å². The molecule has 0 saturated carbocycles. The highest BCUT2D eigenvalue weighted by Crippen LogP contribution is 2.32. The average Bonchev–Trinajstić information content (AvgIpc) is 2.28. The molecule has 1 fully saturated rings. The van der Waals surface area contributed by atoms with E-state index in [1.54, 1.807) is 13.0 Å². The number of hydrogen-bond donors (Lipinski definition) is 2. The van der Waals surface area contributed by atoms with Crippen LogP contribution in [0.2, 0.25) is 0 Å². The lowest BCUT2D eigenvalue weighted by Gasteiger charge is -2.38. The Hall–Kier alpha value is -1.13. The molecule has 1 atom stereocenters. The van der Waals surface area contributed by atoms with E-state index in [0.29, 0.717) is 31.5 Å². The summed E-state index contributed by atoms with van der Waals surface area (Å²) in [7, 11) is 0. The third-order valence-electron chi connectivity index (χ3n) is 3.63. The summed E-state index contributed by atoms with van der Waals surface area (Å²) >= 11 is 0. The van der Waals surface area contributed by atoms with Crippen molar-refractivity contribution in [2.75, 3.05) is 18.0 Å². The number of aliphatic hydroxyl groups is 2. The van der Waals surface area contributed by atoms with Gasteiger partial charge in [0.15, 0.2) is 0 Å². The number of nitrogens with zero attached hydrogens (tertiary/aromatic N) is 1. The fourth-order valence-corrected chi connectivity index (χ4v) is 2.44. The monoisotopic (exact) mass is 253 g/mol. The van der Waals surface area contributed by atoms with Crippen LogP contribution in [0.25, 0.3) is 0 Å². The first-order valence-electron chi connectivity index (χ1n) is 6.34. The minimum absolute atomic E-state index is 0.346. The average molecular weight is 253 g/mol. The first kappa shape index (κ1) is 13.3. The van der Waals surface area contributed by atoms with E-state index < -0.39 is 11.7 Å². The van der Waals surface area contributed by atoms with Crippen LogP contribution in [-0.2, 0) is 0 Å². The number of rotatable bonds is 2. The van der Waals surface area contributed by atoms with E-state index in [1.165, 1.54) is 6.07 Å². The molecule has 1 saturated heterocycles. The van der Waals surface area contributed by atoms with Crippen LogP contribution in [0.4, 0.5) is 10.1 Å². The molecule has 0 aromatic heterocycles. The maximum atomic E-state index is 13.8. The van der Waals surface area contributed by atoms with E-state index in [-0.39, 0.29) is 5.82 Å². The second-order valence-corrected chi connectivity index (χ2v) is 5.33. The summed E-state index contributed by atoms with van der Waals surface area (Å²) in [5.41, 5.74) is 0.453. The van der Waals surface area contributed by atoms with Crippen LogP contribution >= 0.6 is 0 Å². The third kappa shape index (κ3) is 2.65. The standard InChI is InChI=1S/C14H20FNO2/c1-10(17)13-11(15)4-3-5-12(13)16-8-6-14(2,18)7-9-16/h3-5,10,17-18H,6-9H2,1-2H3. The highest BCUT2D eigenvalue weighted by atomic mass is 19.1. The number of hydrogen-bond acceptors (Lipinski definition) is 3.